The van der Waals surface area contributed by atoms with E-state index in [-0.39, 0.29) is 5.11 Å². The first kappa shape index (κ1) is 43.8. The monoisotopic (exact) mass is 768 g/mol. The average Bonchev–Trinajstić information content (AvgIpc) is 2.86. The standard InChI is InChI=1S/C15F28N4/c16-2(4(19,20)21)45-47-46-15(42,43)14(40,41)13(38,39)12(36,37)11(34,35)10(32,33)9(30,31)8(28,29)7(26,27)6(24,25)5(22,23)3(17,18)1-44. The van der Waals surface area contributed by atoms with Gasteiger partial charge in [-0.1, -0.05) is 10.2 Å². The first-order chi connectivity index (χ1) is 19.9. The lowest BCUT2D eigenvalue weighted by Crippen LogP contribution is -2.78. The molecule has 0 aliphatic heterocycles. The van der Waals surface area contributed by atoms with E-state index in [1.165, 1.54) is 0 Å². The van der Waals surface area contributed by atoms with Gasteiger partial charge in [-0.2, -0.15) is 128 Å². The number of rotatable bonds is 13. The highest BCUT2D eigenvalue weighted by Crippen LogP contribution is 2.67. The van der Waals surface area contributed by atoms with Crippen molar-refractivity contribution in [1.82, 2.24) is 0 Å². The average molecular weight is 768 g/mol. The molecule has 276 valence electrons. The Labute approximate surface area is 234 Å². The molecule has 0 spiro atoms. The van der Waals surface area contributed by atoms with Crippen LogP contribution in [0.25, 0.3) is 0 Å². The van der Waals surface area contributed by atoms with E-state index in [0.717, 1.165) is 5.10 Å². The maximum Gasteiger partial charge on any atom is 0.463 e. The van der Waals surface area contributed by atoms with Crippen LogP contribution in [-0.2, 0) is 0 Å². The first-order valence-electron chi connectivity index (χ1n) is 9.61. The number of halogens is 28. The van der Waals surface area contributed by atoms with E-state index in [0.29, 0.717) is 5.22 Å². The van der Waals surface area contributed by atoms with Gasteiger partial charge in [0.1, 0.15) is 6.07 Å². The molecule has 0 unspecified atom stereocenters. The van der Waals surface area contributed by atoms with Gasteiger partial charge in [0.05, 0.1) is 0 Å². The fraction of sp³-hybridized carbons (Fsp3) is 0.867. The molecule has 47 heavy (non-hydrogen) atoms. The summed E-state index contributed by atoms with van der Waals surface area (Å²) in [5, 5.41) is 9.37. The Morgan fingerprint density at radius 1 is 0.383 bits per heavy atom. The number of nitrogens with zero attached hydrogens (tertiary/aromatic N) is 4. The molecular weight excluding hydrogens is 768 g/mol. The molecule has 0 aromatic rings. The molecule has 4 nitrogen and oxygen atoms in total. The molecule has 0 N–H and O–H groups in total. The van der Waals surface area contributed by atoms with E-state index in [1.807, 2.05) is 0 Å². The van der Waals surface area contributed by atoms with Crippen LogP contribution in [0.5, 0.6) is 0 Å². The third kappa shape index (κ3) is 5.70. The zero-order chi connectivity index (χ0) is 38.9. The molecule has 0 aliphatic carbocycles. The van der Waals surface area contributed by atoms with Crippen LogP contribution in [0.4, 0.5) is 123 Å². The lowest BCUT2D eigenvalue weighted by Gasteiger charge is -2.45. The van der Waals surface area contributed by atoms with Crippen LogP contribution < -0.4 is 0 Å². The maximum absolute atomic E-state index is 13.7. The van der Waals surface area contributed by atoms with Gasteiger partial charge in [0.15, 0.2) is 0 Å². The molecule has 0 saturated heterocycles. The van der Waals surface area contributed by atoms with Crippen LogP contribution in [-0.4, -0.2) is 83.3 Å². The van der Waals surface area contributed by atoms with E-state index in [4.69, 9.17) is 5.26 Å². The first-order valence-corrected chi connectivity index (χ1v) is 9.61. The Morgan fingerprint density at radius 3 is 0.851 bits per heavy atom. The molecule has 0 radical (unpaired) electrons. The highest BCUT2D eigenvalue weighted by atomic mass is 19.4. The third-order valence-corrected chi connectivity index (χ3v) is 5.00. The molecule has 0 aliphatic rings. The summed E-state index contributed by atoms with van der Waals surface area (Å²) in [5.41, 5.74) is 0. The SMILES string of the molecule is N#CC(F)(F)C(F)(F)C(F)(F)C(F)(F)C(F)(F)C(F)(F)C(F)(F)C(F)(F)C(F)(F)C(F)(F)C(F)(F)C(F)(F)N=NN=C(F)C(F)(F)F. The fourth-order valence-electron chi connectivity index (χ4n) is 2.27. The third-order valence-electron chi connectivity index (χ3n) is 5.00. The van der Waals surface area contributed by atoms with Crippen molar-refractivity contribution in [2.75, 3.05) is 0 Å². The summed E-state index contributed by atoms with van der Waals surface area (Å²) in [4.78, 5) is 0. The van der Waals surface area contributed by atoms with Gasteiger partial charge in [-0.15, -0.1) is 0 Å². The van der Waals surface area contributed by atoms with Gasteiger partial charge >= 0.3 is 83.3 Å². The molecule has 0 bridgehead atoms. The Balaban J connectivity index is 7.35. The van der Waals surface area contributed by atoms with Crippen molar-refractivity contribution in [2.24, 2.45) is 15.4 Å². The van der Waals surface area contributed by atoms with Gasteiger partial charge in [0.2, 0.25) is 0 Å². The summed E-state index contributed by atoms with van der Waals surface area (Å²) in [6, 6.07) is -9.16. The minimum absolute atomic E-state index is 0.265. The Morgan fingerprint density at radius 2 is 0.617 bits per heavy atom. The van der Waals surface area contributed by atoms with Crippen LogP contribution in [0.15, 0.2) is 15.4 Å². The van der Waals surface area contributed by atoms with Gasteiger partial charge < -0.3 is 0 Å². The normalized spacial score (nSPS) is 17.0. The molecule has 0 aromatic carbocycles. The summed E-state index contributed by atoms with van der Waals surface area (Å²) in [7, 11) is 0. The molecular formula is C15F28N4. The number of hydrogen-bond acceptors (Lipinski definition) is 3. The summed E-state index contributed by atoms with van der Waals surface area (Å²) in [5.74, 6) is -105. The van der Waals surface area contributed by atoms with Gasteiger partial charge in [-0.3, -0.25) is 0 Å². The topological polar surface area (TPSA) is 60.9 Å². The lowest BCUT2D eigenvalue weighted by molar-refractivity contribution is -0.477. The van der Waals surface area contributed by atoms with E-state index in [1.54, 1.807) is 0 Å². The van der Waals surface area contributed by atoms with Gasteiger partial charge in [0.25, 0.3) is 0 Å². The van der Waals surface area contributed by atoms with Crippen LogP contribution in [0.2, 0.25) is 0 Å². The smallest absolute Gasteiger partial charge is 0.192 e. The van der Waals surface area contributed by atoms with Crippen molar-refractivity contribution in [1.29, 1.82) is 5.26 Å². The molecule has 0 amide bonds. The molecule has 0 heterocycles. The molecule has 0 saturated carbocycles. The van der Waals surface area contributed by atoms with Crippen LogP contribution in [0, 0.1) is 11.3 Å². The summed E-state index contributed by atoms with van der Waals surface area (Å²) in [6.45, 7) is 0. The van der Waals surface area contributed by atoms with E-state index >= 15 is 0 Å². The Kier molecular flexibility index (Phi) is 10.4. The van der Waals surface area contributed by atoms with Crippen molar-refractivity contribution in [3.05, 3.63) is 0 Å². The molecule has 0 atom stereocenters. The summed E-state index contributed by atoms with van der Waals surface area (Å²) in [6.07, 6.45) is -6.40. The molecule has 0 fully saturated rings. The van der Waals surface area contributed by atoms with Crippen molar-refractivity contribution in [3.63, 3.8) is 0 Å². The van der Waals surface area contributed by atoms with Crippen molar-refractivity contribution in [2.45, 2.75) is 77.4 Å². The predicted molar refractivity (Wildman–Crippen MR) is 84.4 cm³/mol. The molecule has 32 heteroatoms. The van der Waals surface area contributed by atoms with Crippen molar-refractivity contribution in [3.8, 4) is 6.07 Å². The number of hydrogen-bond donors (Lipinski definition) is 0. The molecule has 0 aromatic heterocycles. The minimum atomic E-state index is -9.77. The lowest BCUT2D eigenvalue weighted by atomic mass is 9.84. The van der Waals surface area contributed by atoms with Gasteiger partial charge in [-0.25, -0.2) is 0 Å². The van der Waals surface area contributed by atoms with E-state index < -0.39 is 89.4 Å². The Hall–Kier alpha value is -3.20. The quantitative estimate of drug-likeness (QED) is 0.0606. The number of nitriles is 1. The van der Waals surface area contributed by atoms with Gasteiger partial charge in [-0.05, 0) is 5.22 Å². The highest BCUT2D eigenvalue weighted by Gasteiger charge is 2.99. The fourth-order valence-corrected chi connectivity index (χ4v) is 2.27. The predicted octanol–water partition coefficient (Wildman–Crippen LogP) is 9.39. The van der Waals surface area contributed by atoms with Crippen LogP contribution in [0.3, 0.4) is 0 Å². The van der Waals surface area contributed by atoms with Crippen molar-refractivity contribution < 1.29 is 123 Å². The Bertz CT molecular complexity index is 1260. The maximum atomic E-state index is 13.7. The van der Waals surface area contributed by atoms with Crippen LogP contribution in [0.1, 0.15) is 0 Å². The number of alkyl halides is 27. The van der Waals surface area contributed by atoms with Gasteiger partial charge in [0, 0.05) is 0 Å². The molecule has 0 rings (SSSR count). The second-order valence-corrected chi connectivity index (χ2v) is 8.05. The zero-order valence-corrected chi connectivity index (χ0v) is 19.9. The minimum Gasteiger partial charge on any atom is -0.192 e. The summed E-state index contributed by atoms with van der Waals surface area (Å²) < 4.78 is 370. The van der Waals surface area contributed by atoms with Crippen LogP contribution >= 0.6 is 0 Å². The zero-order valence-electron chi connectivity index (χ0n) is 19.9. The second-order valence-electron chi connectivity index (χ2n) is 8.05. The highest BCUT2D eigenvalue weighted by molar-refractivity contribution is 5.80. The van der Waals surface area contributed by atoms with Crippen molar-refractivity contribution >= 4 is 5.97 Å². The van der Waals surface area contributed by atoms with E-state index in [9.17, 15) is 123 Å². The second kappa shape index (κ2) is 11.2. The van der Waals surface area contributed by atoms with E-state index in [2.05, 4.69) is 0 Å². The largest absolute Gasteiger partial charge is 0.463 e. The summed E-state index contributed by atoms with van der Waals surface area (Å²) >= 11 is 0.